The fourth-order valence-corrected chi connectivity index (χ4v) is 3.65. The van der Waals surface area contributed by atoms with Crippen molar-refractivity contribution in [2.24, 2.45) is 5.92 Å². The minimum absolute atomic E-state index is 0.00597. The smallest absolute Gasteiger partial charge is 0.234 e. The van der Waals surface area contributed by atoms with Crippen molar-refractivity contribution in [2.75, 3.05) is 11.1 Å². The molecular formula is C18H22N4O2S. The highest BCUT2D eigenvalue weighted by Gasteiger charge is 2.17. The summed E-state index contributed by atoms with van der Waals surface area (Å²) in [6, 6.07) is 6.86. The lowest BCUT2D eigenvalue weighted by atomic mass is 10.0. The van der Waals surface area contributed by atoms with Crippen LogP contribution in [0.3, 0.4) is 0 Å². The van der Waals surface area contributed by atoms with Crippen molar-refractivity contribution in [3.63, 3.8) is 0 Å². The first-order chi connectivity index (χ1) is 12.1. The van der Waals surface area contributed by atoms with Crippen molar-refractivity contribution < 1.29 is 9.59 Å². The quantitative estimate of drug-likeness (QED) is 0.584. The highest BCUT2D eigenvalue weighted by molar-refractivity contribution is 7.99. The number of aromatic nitrogens is 3. The van der Waals surface area contributed by atoms with Crippen LogP contribution in [0, 0.1) is 5.92 Å². The molecular weight excluding hydrogens is 336 g/mol. The van der Waals surface area contributed by atoms with Gasteiger partial charge in [0.2, 0.25) is 11.1 Å². The van der Waals surface area contributed by atoms with Crippen LogP contribution in [0.2, 0.25) is 0 Å². The summed E-state index contributed by atoms with van der Waals surface area (Å²) in [5.74, 6) is 1.76. The van der Waals surface area contributed by atoms with Gasteiger partial charge in [-0.1, -0.05) is 37.4 Å². The van der Waals surface area contributed by atoms with Crippen molar-refractivity contribution in [3.05, 3.63) is 35.7 Å². The van der Waals surface area contributed by atoms with E-state index in [-0.39, 0.29) is 17.4 Å². The van der Waals surface area contributed by atoms with E-state index in [1.54, 1.807) is 24.3 Å². The first kappa shape index (κ1) is 17.7. The summed E-state index contributed by atoms with van der Waals surface area (Å²) in [5, 5.41) is 10.6. The summed E-state index contributed by atoms with van der Waals surface area (Å²) < 4.78 is 0. The van der Waals surface area contributed by atoms with Crippen LogP contribution >= 0.6 is 11.8 Å². The molecule has 1 saturated carbocycles. The van der Waals surface area contributed by atoms with E-state index in [0.29, 0.717) is 22.3 Å². The molecule has 0 saturated heterocycles. The van der Waals surface area contributed by atoms with Crippen LogP contribution < -0.4 is 5.32 Å². The van der Waals surface area contributed by atoms with Gasteiger partial charge in [0.15, 0.2) is 5.78 Å². The Morgan fingerprint density at radius 1 is 1.24 bits per heavy atom. The van der Waals surface area contributed by atoms with Gasteiger partial charge in [-0.25, -0.2) is 4.98 Å². The normalized spacial score (nSPS) is 14.6. The lowest BCUT2D eigenvalue weighted by Gasteiger charge is -2.05. The fraction of sp³-hybridized carbons (Fsp3) is 0.444. The minimum Gasteiger partial charge on any atom is -0.325 e. The summed E-state index contributed by atoms with van der Waals surface area (Å²) >= 11 is 1.31. The molecule has 0 aliphatic heterocycles. The van der Waals surface area contributed by atoms with Crippen LogP contribution in [0.15, 0.2) is 29.4 Å². The van der Waals surface area contributed by atoms with E-state index in [1.807, 2.05) is 0 Å². The van der Waals surface area contributed by atoms with E-state index in [2.05, 4.69) is 20.5 Å². The number of aromatic amines is 1. The van der Waals surface area contributed by atoms with E-state index < -0.39 is 0 Å². The molecule has 0 atom stereocenters. The molecule has 132 valence electrons. The van der Waals surface area contributed by atoms with Crippen LogP contribution in [-0.2, 0) is 11.2 Å². The number of ketones is 1. The molecule has 0 spiro atoms. The Morgan fingerprint density at radius 3 is 2.64 bits per heavy atom. The predicted octanol–water partition coefficient (Wildman–Crippen LogP) is 3.47. The molecule has 6 nitrogen and oxygen atoms in total. The lowest BCUT2D eigenvalue weighted by molar-refractivity contribution is -0.113. The molecule has 1 aliphatic carbocycles. The number of hydrogen-bond acceptors (Lipinski definition) is 5. The number of H-pyrrole nitrogens is 1. The number of rotatable bonds is 7. The Balaban J connectivity index is 1.45. The van der Waals surface area contributed by atoms with Crippen LogP contribution in [-0.4, -0.2) is 32.6 Å². The number of hydrogen-bond donors (Lipinski definition) is 2. The molecule has 1 fully saturated rings. The van der Waals surface area contributed by atoms with Gasteiger partial charge in [-0.15, -0.1) is 5.10 Å². The van der Waals surface area contributed by atoms with Gasteiger partial charge in [-0.05, 0) is 37.1 Å². The molecule has 1 aromatic carbocycles. The number of nitrogens with zero attached hydrogens (tertiary/aromatic N) is 2. The van der Waals surface area contributed by atoms with Crippen molar-refractivity contribution >= 4 is 29.1 Å². The molecule has 1 aromatic heterocycles. The third-order valence-corrected chi connectivity index (χ3v) is 5.22. The molecule has 1 aliphatic rings. The standard InChI is InChI=1S/C18H22N4O2S/c1-12(23)14-6-8-15(9-7-14)19-17(24)11-25-18-20-16(21-22-18)10-13-4-2-3-5-13/h6-9,13H,2-5,10-11H2,1H3,(H,19,24)(H,20,21,22). The van der Waals surface area contributed by atoms with Gasteiger partial charge in [0.25, 0.3) is 0 Å². The topological polar surface area (TPSA) is 87.7 Å². The molecule has 1 heterocycles. The first-order valence-electron chi connectivity index (χ1n) is 8.55. The summed E-state index contributed by atoms with van der Waals surface area (Å²) in [5.41, 5.74) is 1.30. The van der Waals surface area contributed by atoms with Gasteiger partial charge in [0.05, 0.1) is 5.75 Å². The summed E-state index contributed by atoms with van der Waals surface area (Å²) in [6.45, 7) is 1.52. The molecule has 0 bridgehead atoms. The molecule has 0 unspecified atom stereocenters. The SMILES string of the molecule is CC(=O)c1ccc(NC(=O)CSc2n[nH]c(CC3CCCC3)n2)cc1. The Hall–Kier alpha value is -2.15. The third-order valence-electron chi connectivity index (χ3n) is 4.38. The second kappa shape index (κ2) is 8.29. The molecule has 2 aromatic rings. The van der Waals surface area contributed by atoms with E-state index in [0.717, 1.165) is 12.2 Å². The predicted molar refractivity (Wildman–Crippen MR) is 97.8 cm³/mol. The summed E-state index contributed by atoms with van der Waals surface area (Å²) in [4.78, 5) is 27.7. The van der Waals surface area contributed by atoms with Crippen molar-refractivity contribution in [1.29, 1.82) is 0 Å². The number of carbonyl (C=O) groups excluding carboxylic acids is 2. The maximum Gasteiger partial charge on any atom is 0.234 e. The average Bonchev–Trinajstić information content (AvgIpc) is 3.26. The zero-order valence-corrected chi connectivity index (χ0v) is 15.1. The molecule has 1 amide bonds. The maximum absolute atomic E-state index is 12.0. The number of benzene rings is 1. The maximum atomic E-state index is 12.0. The first-order valence-corrected chi connectivity index (χ1v) is 9.53. The molecule has 0 radical (unpaired) electrons. The van der Waals surface area contributed by atoms with Crippen LogP contribution in [0.25, 0.3) is 0 Å². The highest BCUT2D eigenvalue weighted by Crippen LogP contribution is 2.27. The van der Waals surface area contributed by atoms with Gasteiger partial charge in [-0.2, -0.15) is 0 Å². The van der Waals surface area contributed by atoms with Crippen LogP contribution in [0.1, 0.15) is 48.8 Å². The largest absolute Gasteiger partial charge is 0.325 e. The average molecular weight is 358 g/mol. The monoisotopic (exact) mass is 358 g/mol. The molecule has 7 heteroatoms. The Kier molecular flexibility index (Phi) is 5.86. The highest BCUT2D eigenvalue weighted by atomic mass is 32.2. The zero-order valence-electron chi connectivity index (χ0n) is 14.2. The fourth-order valence-electron chi connectivity index (χ4n) is 3.04. The summed E-state index contributed by atoms with van der Waals surface area (Å²) in [6.07, 6.45) is 6.12. The molecule has 2 N–H and O–H groups in total. The molecule has 3 rings (SSSR count). The number of carbonyl (C=O) groups is 2. The lowest BCUT2D eigenvalue weighted by Crippen LogP contribution is -2.14. The Labute approximate surface area is 151 Å². The van der Waals surface area contributed by atoms with E-state index in [1.165, 1.54) is 44.4 Å². The second-order valence-electron chi connectivity index (χ2n) is 6.39. The van der Waals surface area contributed by atoms with Crippen LogP contribution in [0.4, 0.5) is 5.69 Å². The Bertz CT molecular complexity index is 736. The van der Waals surface area contributed by atoms with Gasteiger partial charge in [0.1, 0.15) is 5.82 Å². The van der Waals surface area contributed by atoms with Crippen molar-refractivity contribution in [2.45, 2.75) is 44.2 Å². The summed E-state index contributed by atoms with van der Waals surface area (Å²) in [7, 11) is 0. The van der Waals surface area contributed by atoms with Crippen molar-refractivity contribution in [3.8, 4) is 0 Å². The van der Waals surface area contributed by atoms with Gasteiger partial charge in [-0.3, -0.25) is 14.7 Å². The molecule has 25 heavy (non-hydrogen) atoms. The Morgan fingerprint density at radius 2 is 1.96 bits per heavy atom. The van der Waals surface area contributed by atoms with E-state index >= 15 is 0 Å². The van der Waals surface area contributed by atoms with Crippen molar-refractivity contribution in [1.82, 2.24) is 15.2 Å². The minimum atomic E-state index is -0.122. The number of anilines is 1. The third kappa shape index (κ3) is 5.16. The second-order valence-corrected chi connectivity index (χ2v) is 7.33. The van der Waals surface area contributed by atoms with Gasteiger partial charge >= 0.3 is 0 Å². The number of amides is 1. The number of Topliss-reactive ketones (excluding diaryl/α,β-unsaturated/α-hetero) is 1. The number of thioether (sulfide) groups is 1. The van der Waals surface area contributed by atoms with Crippen LogP contribution in [0.5, 0.6) is 0 Å². The van der Waals surface area contributed by atoms with Gasteiger partial charge < -0.3 is 5.32 Å². The van der Waals surface area contributed by atoms with Gasteiger partial charge in [0, 0.05) is 17.7 Å². The van der Waals surface area contributed by atoms with E-state index in [4.69, 9.17) is 0 Å². The zero-order chi connectivity index (χ0) is 17.6. The van der Waals surface area contributed by atoms with E-state index in [9.17, 15) is 9.59 Å². The number of nitrogens with one attached hydrogen (secondary N) is 2.